The molecule has 6 unspecified atom stereocenters. The molecule has 4 fully saturated rings. The predicted octanol–water partition coefficient (Wildman–Crippen LogP) is 4.06. The topological polar surface area (TPSA) is 107 Å². The SMILES string of the molecule is CN1CCN(C2CC(F)C(C(=O)N[C@@H](CC3CCCC4C(c5c(C(F)(F)F)ccn(C)c5=O)NCCC34)C(=O)O)C(F)C2)[C@@H](C(F)(F)F)C1. The molecule has 8 atom stereocenters. The van der Waals surface area contributed by atoms with Gasteiger partial charge in [-0.15, -0.1) is 0 Å². The lowest BCUT2D eigenvalue weighted by Crippen LogP contribution is -2.63. The molecule has 2 aliphatic carbocycles. The van der Waals surface area contributed by atoms with Gasteiger partial charge < -0.3 is 25.2 Å². The maximum absolute atomic E-state index is 15.5. The van der Waals surface area contributed by atoms with Crippen LogP contribution in [0.15, 0.2) is 17.1 Å². The van der Waals surface area contributed by atoms with Crippen LogP contribution in [-0.2, 0) is 22.8 Å². The summed E-state index contributed by atoms with van der Waals surface area (Å²) in [5.41, 5.74) is -2.22. The van der Waals surface area contributed by atoms with Gasteiger partial charge in [-0.2, -0.15) is 26.3 Å². The van der Waals surface area contributed by atoms with E-state index in [-0.39, 0.29) is 44.4 Å². The van der Waals surface area contributed by atoms with Gasteiger partial charge in [0.25, 0.3) is 5.56 Å². The number of rotatable bonds is 7. The molecule has 9 nitrogen and oxygen atoms in total. The molecule has 0 aromatic carbocycles. The van der Waals surface area contributed by atoms with E-state index >= 15 is 8.78 Å². The Labute approximate surface area is 278 Å². The number of hydrogen-bond donors (Lipinski definition) is 3. The fraction of sp³-hybridized carbons (Fsp3) is 0.781. The third-order valence-electron chi connectivity index (χ3n) is 11.2. The van der Waals surface area contributed by atoms with E-state index in [1.807, 2.05) is 0 Å². The molecular formula is C32H43F8N5O4. The molecule has 0 spiro atoms. The smallest absolute Gasteiger partial charge is 0.416 e. The predicted molar refractivity (Wildman–Crippen MR) is 161 cm³/mol. The second kappa shape index (κ2) is 14.4. The van der Waals surface area contributed by atoms with Crippen LogP contribution in [0, 0.1) is 23.7 Å². The van der Waals surface area contributed by atoms with Crippen molar-refractivity contribution in [2.45, 2.75) is 93.8 Å². The second-order valence-electron chi connectivity index (χ2n) is 14.2. The van der Waals surface area contributed by atoms with Crippen molar-refractivity contribution < 1.29 is 49.8 Å². The normalized spacial score (nSPS) is 34.2. The van der Waals surface area contributed by atoms with Gasteiger partial charge in [0.05, 0.1) is 5.56 Å². The molecule has 1 amide bonds. The van der Waals surface area contributed by atoms with Crippen LogP contribution in [0.2, 0.25) is 0 Å². The van der Waals surface area contributed by atoms with E-state index in [0.29, 0.717) is 25.7 Å². The molecule has 0 bridgehead atoms. The number of aliphatic carboxylic acids is 1. The molecule has 5 rings (SSSR count). The van der Waals surface area contributed by atoms with Crippen LogP contribution in [0.25, 0.3) is 0 Å². The van der Waals surface area contributed by atoms with Gasteiger partial charge in [0, 0.05) is 50.5 Å². The highest BCUT2D eigenvalue weighted by molar-refractivity contribution is 5.85. The molecule has 4 aliphatic rings. The number of piperidine rings is 1. The number of carbonyl (C=O) groups excluding carboxylic acids is 1. The molecule has 1 aromatic rings. The van der Waals surface area contributed by atoms with Crippen LogP contribution >= 0.6 is 0 Å². The van der Waals surface area contributed by atoms with E-state index in [1.165, 1.54) is 19.0 Å². The molecule has 276 valence electrons. The van der Waals surface area contributed by atoms with Crippen molar-refractivity contribution in [3.8, 4) is 0 Å². The van der Waals surface area contributed by atoms with Crippen molar-refractivity contribution in [2.24, 2.45) is 30.7 Å². The summed E-state index contributed by atoms with van der Waals surface area (Å²) >= 11 is 0. The number of halogens is 8. The molecule has 17 heteroatoms. The molecular weight excluding hydrogens is 670 g/mol. The number of carbonyl (C=O) groups is 2. The number of nitrogens with one attached hydrogen (secondary N) is 2. The summed E-state index contributed by atoms with van der Waals surface area (Å²) in [6.07, 6.45) is -11.9. The number of nitrogens with zero attached hydrogens (tertiary/aromatic N) is 3. The summed E-state index contributed by atoms with van der Waals surface area (Å²) < 4.78 is 116. The molecule has 49 heavy (non-hydrogen) atoms. The van der Waals surface area contributed by atoms with E-state index in [9.17, 15) is 45.8 Å². The van der Waals surface area contributed by atoms with Crippen molar-refractivity contribution in [3.05, 3.63) is 33.7 Å². The Bertz CT molecular complexity index is 1410. The van der Waals surface area contributed by atoms with Crippen molar-refractivity contribution >= 4 is 11.9 Å². The summed E-state index contributed by atoms with van der Waals surface area (Å²) in [7, 11) is 2.89. The molecule has 3 heterocycles. The maximum Gasteiger partial charge on any atom is 0.416 e. The quantitative estimate of drug-likeness (QED) is 0.366. The highest BCUT2D eigenvalue weighted by Gasteiger charge is 2.52. The number of amides is 1. The lowest BCUT2D eigenvalue weighted by Gasteiger charge is -2.48. The number of hydrogen-bond acceptors (Lipinski definition) is 6. The Morgan fingerprint density at radius 1 is 1.02 bits per heavy atom. The zero-order valence-corrected chi connectivity index (χ0v) is 27.2. The molecule has 3 N–H and O–H groups in total. The average Bonchev–Trinajstić information content (AvgIpc) is 3.00. The minimum Gasteiger partial charge on any atom is -0.480 e. The van der Waals surface area contributed by atoms with Crippen LogP contribution in [0.3, 0.4) is 0 Å². The van der Waals surface area contributed by atoms with Gasteiger partial charge in [-0.1, -0.05) is 12.8 Å². The van der Waals surface area contributed by atoms with Gasteiger partial charge in [-0.05, 0) is 69.5 Å². The van der Waals surface area contributed by atoms with Gasteiger partial charge in [-0.25, -0.2) is 13.6 Å². The summed E-state index contributed by atoms with van der Waals surface area (Å²) in [4.78, 5) is 41.2. The standard InChI is InChI=1S/C32H43F8N5O4/c1-43-10-11-45(24(15-43)32(38,39)40)17-13-21(33)26(22(34)14-17)28(46)42-23(30(48)49)12-16-4-3-5-19-18(16)6-8-41-27(19)25-20(31(35,36)37)7-9-44(2)29(25)47/h7,9,16-19,21-24,26-27,41H,3-6,8,10-15H2,1-2H3,(H,42,46)(H,48,49)/t16?,17?,18?,19?,21?,22?,23-,24+,26?,27?/m0/s1. The summed E-state index contributed by atoms with van der Waals surface area (Å²) in [6.45, 7) is 0.121. The Balaban J connectivity index is 1.28. The Hall–Kier alpha value is -2.79. The van der Waals surface area contributed by atoms with E-state index < -0.39 is 102 Å². The van der Waals surface area contributed by atoms with Gasteiger partial charge in [0.15, 0.2) is 0 Å². The second-order valence-corrected chi connectivity index (χ2v) is 14.2. The third kappa shape index (κ3) is 7.92. The number of carboxylic acids is 1. The lowest BCUT2D eigenvalue weighted by atomic mass is 9.63. The first-order chi connectivity index (χ1) is 22.9. The van der Waals surface area contributed by atoms with Crippen molar-refractivity contribution in [1.29, 1.82) is 0 Å². The Morgan fingerprint density at radius 3 is 2.31 bits per heavy atom. The van der Waals surface area contributed by atoms with E-state index in [2.05, 4.69) is 10.6 Å². The molecule has 2 saturated carbocycles. The summed E-state index contributed by atoms with van der Waals surface area (Å²) in [5, 5.41) is 15.4. The third-order valence-corrected chi connectivity index (χ3v) is 11.2. The highest BCUT2D eigenvalue weighted by Crippen LogP contribution is 2.48. The number of aryl methyl sites for hydroxylation is 1. The van der Waals surface area contributed by atoms with Gasteiger partial charge in [0.2, 0.25) is 5.91 Å². The number of alkyl halides is 8. The average molecular weight is 714 g/mol. The molecule has 0 radical (unpaired) electrons. The molecule has 1 aromatic heterocycles. The zero-order valence-electron chi connectivity index (χ0n) is 27.2. The van der Waals surface area contributed by atoms with E-state index in [0.717, 1.165) is 21.7 Å². The lowest BCUT2D eigenvalue weighted by molar-refractivity contribution is -0.207. The monoisotopic (exact) mass is 713 g/mol. The zero-order chi connectivity index (χ0) is 36.0. The van der Waals surface area contributed by atoms with E-state index in [1.54, 1.807) is 0 Å². The van der Waals surface area contributed by atoms with Crippen molar-refractivity contribution in [2.75, 3.05) is 33.2 Å². The maximum atomic E-state index is 15.5. The number of piperazine rings is 1. The number of likely N-dealkylation sites (N-methyl/N-ethyl adjacent to an activating group) is 1. The van der Waals surface area contributed by atoms with Crippen LogP contribution in [0.5, 0.6) is 0 Å². The highest BCUT2D eigenvalue weighted by atomic mass is 19.4. The van der Waals surface area contributed by atoms with Crippen molar-refractivity contribution in [1.82, 2.24) is 25.0 Å². The van der Waals surface area contributed by atoms with Gasteiger partial charge >= 0.3 is 18.3 Å². The number of carboxylic acid groups (broad SMARTS) is 1. The van der Waals surface area contributed by atoms with E-state index in [4.69, 9.17) is 0 Å². The van der Waals surface area contributed by atoms with Gasteiger partial charge in [0.1, 0.15) is 30.3 Å². The van der Waals surface area contributed by atoms with Crippen LogP contribution < -0.4 is 16.2 Å². The first kappa shape index (κ1) is 37.5. The number of pyridine rings is 1. The van der Waals surface area contributed by atoms with Crippen LogP contribution in [0.1, 0.15) is 62.1 Å². The molecule has 2 saturated heterocycles. The Kier molecular flexibility index (Phi) is 11.0. The largest absolute Gasteiger partial charge is 0.480 e. The van der Waals surface area contributed by atoms with Crippen molar-refractivity contribution in [3.63, 3.8) is 0 Å². The fourth-order valence-electron chi connectivity index (χ4n) is 8.81. The van der Waals surface area contributed by atoms with Crippen LogP contribution in [-0.4, -0.2) is 101 Å². The first-order valence-electron chi connectivity index (χ1n) is 16.7. The minimum atomic E-state index is -4.78. The molecule has 2 aliphatic heterocycles. The Morgan fingerprint density at radius 2 is 1.69 bits per heavy atom. The fourth-order valence-corrected chi connectivity index (χ4v) is 8.81. The summed E-state index contributed by atoms with van der Waals surface area (Å²) in [6, 6.07) is -4.67. The van der Waals surface area contributed by atoms with Crippen LogP contribution in [0.4, 0.5) is 35.1 Å². The number of fused-ring (bicyclic) bond motifs is 1. The minimum absolute atomic E-state index is 0.0565. The first-order valence-corrected chi connectivity index (χ1v) is 16.7. The number of aromatic nitrogens is 1. The summed E-state index contributed by atoms with van der Waals surface area (Å²) in [5.74, 6) is -5.68. The van der Waals surface area contributed by atoms with Gasteiger partial charge in [-0.3, -0.25) is 14.5 Å².